The van der Waals surface area contributed by atoms with Crippen LogP contribution in [-0.2, 0) is 10.2 Å². The summed E-state index contributed by atoms with van der Waals surface area (Å²) in [6.07, 6.45) is 0.820. The van der Waals surface area contributed by atoms with Gasteiger partial charge in [-0.25, -0.2) is 4.31 Å². The van der Waals surface area contributed by atoms with Crippen molar-refractivity contribution in [2.75, 3.05) is 11.3 Å². The van der Waals surface area contributed by atoms with Crippen molar-refractivity contribution in [1.29, 1.82) is 0 Å². The predicted octanol–water partition coefficient (Wildman–Crippen LogP) is 1.85. The van der Waals surface area contributed by atoms with Crippen LogP contribution in [0.15, 0.2) is 24.3 Å². The summed E-state index contributed by atoms with van der Waals surface area (Å²) < 4.78 is 27.3. The maximum atomic E-state index is 12.2. The summed E-state index contributed by atoms with van der Waals surface area (Å²) in [6.45, 7) is 4.09. The second-order valence-electron chi connectivity index (χ2n) is 4.50. The molecule has 0 saturated heterocycles. The first kappa shape index (κ1) is 12.9. The monoisotopic (exact) mass is 268 g/mol. The van der Waals surface area contributed by atoms with Crippen LogP contribution in [0.2, 0.25) is 0 Å². The number of anilines is 1. The van der Waals surface area contributed by atoms with Crippen LogP contribution in [0.5, 0.6) is 0 Å². The van der Waals surface area contributed by atoms with Gasteiger partial charge in [0.05, 0.1) is 11.3 Å². The molecule has 1 aliphatic rings. The summed E-state index contributed by atoms with van der Waals surface area (Å²) in [6, 6.07) is 6.63. The fourth-order valence-electron chi connectivity index (χ4n) is 1.79. The van der Waals surface area contributed by atoms with E-state index in [9.17, 15) is 13.2 Å². The first-order valence-electron chi connectivity index (χ1n) is 5.89. The second-order valence-corrected chi connectivity index (χ2v) is 6.10. The lowest BCUT2D eigenvalue weighted by atomic mass is 10.1. The van der Waals surface area contributed by atoms with Gasteiger partial charge < -0.3 is 0 Å². The smallest absolute Gasteiger partial charge is 0.268 e. The van der Waals surface area contributed by atoms with Gasteiger partial charge in [-0.3, -0.25) is 9.52 Å². The number of hydrogen-bond acceptors (Lipinski definition) is 3. The van der Waals surface area contributed by atoms with Crippen LogP contribution in [0.25, 0.3) is 0 Å². The Balaban J connectivity index is 2.41. The molecule has 6 heteroatoms. The Morgan fingerprint density at radius 2 is 2.00 bits per heavy atom. The lowest BCUT2D eigenvalue weighted by Crippen LogP contribution is -2.46. The molecule has 1 heterocycles. The molecule has 0 fully saturated rings. The first-order valence-corrected chi connectivity index (χ1v) is 7.33. The summed E-state index contributed by atoms with van der Waals surface area (Å²) in [7, 11) is -3.76. The first-order chi connectivity index (χ1) is 8.45. The van der Waals surface area contributed by atoms with Gasteiger partial charge in [0.2, 0.25) is 0 Å². The molecule has 0 aliphatic carbocycles. The van der Waals surface area contributed by atoms with Crippen LogP contribution < -0.4 is 4.72 Å². The molecule has 0 bridgehead atoms. The molecule has 0 aromatic heterocycles. The van der Waals surface area contributed by atoms with Gasteiger partial charge in [-0.05, 0) is 18.1 Å². The zero-order valence-electron chi connectivity index (χ0n) is 10.4. The normalized spacial score (nSPS) is 19.0. The van der Waals surface area contributed by atoms with Crippen molar-refractivity contribution in [1.82, 2.24) is 4.31 Å². The van der Waals surface area contributed by atoms with Crippen LogP contribution in [0.1, 0.15) is 30.6 Å². The Morgan fingerprint density at radius 1 is 1.33 bits per heavy atom. The van der Waals surface area contributed by atoms with Gasteiger partial charge in [0.25, 0.3) is 5.91 Å². The summed E-state index contributed by atoms with van der Waals surface area (Å²) in [5, 5.41) is 0. The summed E-state index contributed by atoms with van der Waals surface area (Å²) in [4.78, 5) is 12.2. The molecule has 1 aliphatic heterocycles. The number of hydrogen-bond donors (Lipinski definition) is 1. The lowest BCUT2D eigenvalue weighted by molar-refractivity contribution is 0.0846. The average Bonchev–Trinajstić information content (AvgIpc) is 2.33. The Labute approximate surface area is 107 Å². The van der Waals surface area contributed by atoms with Crippen molar-refractivity contribution >= 4 is 21.8 Å². The standard InChI is InChI=1S/C12H16N2O3S/c1-3-9(2)8-14-12(15)10-6-4-5-7-11(10)13-18(14,16)17/h4-7,9,13H,3,8H2,1-2H3. The van der Waals surface area contributed by atoms with Gasteiger partial charge in [-0.2, -0.15) is 8.42 Å². The molecule has 1 aromatic carbocycles. The van der Waals surface area contributed by atoms with E-state index in [2.05, 4.69) is 4.72 Å². The maximum absolute atomic E-state index is 12.2. The number of amides is 1. The van der Waals surface area contributed by atoms with Gasteiger partial charge >= 0.3 is 10.2 Å². The Hall–Kier alpha value is -1.56. The third-order valence-corrected chi connectivity index (χ3v) is 4.46. The fraction of sp³-hybridized carbons (Fsp3) is 0.417. The molecule has 1 aromatic rings. The molecule has 1 N–H and O–H groups in total. The minimum absolute atomic E-state index is 0.135. The van der Waals surface area contributed by atoms with Crippen molar-refractivity contribution in [2.24, 2.45) is 5.92 Å². The summed E-state index contributed by atoms with van der Waals surface area (Å²) in [5.41, 5.74) is 0.749. The van der Waals surface area contributed by atoms with Gasteiger partial charge in [-0.1, -0.05) is 32.4 Å². The number of nitrogens with one attached hydrogen (secondary N) is 1. The molecule has 1 unspecified atom stereocenters. The van der Waals surface area contributed by atoms with Crippen LogP contribution in [0, 0.1) is 5.92 Å². The number of rotatable bonds is 3. The highest BCUT2D eigenvalue weighted by Crippen LogP contribution is 2.26. The zero-order chi connectivity index (χ0) is 13.3. The van der Waals surface area contributed by atoms with Gasteiger partial charge in [0.15, 0.2) is 0 Å². The van der Waals surface area contributed by atoms with Gasteiger partial charge in [0, 0.05) is 6.54 Å². The molecule has 2 rings (SSSR count). The molecule has 98 valence electrons. The number of nitrogens with zero attached hydrogens (tertiary/aromatic N) is 1. The van der Waals surface area contributed by atoms with Crippen molar-refractivity contribution < 1.29 is 13.2 Å². The van der Waals surface area contributed by atoms with E-state index in [4.69, 9.17) is 0 Å². The van der Waals surface area contributed by atoms with E-state index >= 15 is 0 Å². The number of carbonyl (C=O) groups excluding carboxylic acids is 1. The molecule has 0 radical (unpaired) electrons. The molecule has 0 spiro atoms. The van der Waals surface area contributed by atoms with E-state index in [1.807, 2.05) is 13.8 Å². The topological polar surface area (TPSA) is 66.5 Å². The lowest BCUT2D eigenvalue weighted by Gasteiger charge is -2.30. The zero-order valence-corrected chi connectivity index (χ0v) is 11.2. The highest BCUT2D eigenvalue weighted by molar-refractivity contribution is 7.91. The van der Waals surface area contributed by atoms with E-state index < -0.39 is 16.1 Å². The molecule has 0 saturated carbocycles. The van der Waals surface area contributed by atoms with E-state index in [-0.39, 0.29) is 12.5 Å². The molecular formula is C12H16N2O3S. The fourth-order valence-corrected chi connectivity index (χ4v) is 3.12. The summed E-state index contributed by atoms with van der Waals surface area (Å²) in [5.74, 6) is -0.319. The minimum Gasteiger partial charge on any atom is -0.268 e. The Bertz CT molecular complexity index is 568. The minimum atomic E-state index is -3.76. The number of carbonyl (C=O) groups is 1. The third-order valence-electron chi connectivity index (χ3n) is 3.09. The van der Waals surface area contributed by atoms with Crippen LogP contribution in [-0.4, -0.2) is 25.2 Å². The number of para-hydroxylation sites is 1. The third kappa shape index (κ3) is 2.20. The second kappa shape index (κ2) is 4.61. The highest BCUT2D eigenvalue weighted by atomic mass is 32.2. The maximum Gasteiger partial charge on any atom is 0.326 e. The van der Waals surface area contributed by atoms with Crippen molar-refractivity contribution in [3.63, 3.8) is 0 Å². The van der Waals surface area contributed by atoms with Crippen LogP contribution in [0.4, 0.5) is 5.69 Å². The highest BCUT2D eigenvalue weighted by Gasteiger charge is 2.35. The largest absolute Gasteiger partial charge is 0.326 e. The molecule has 18 heavy (non-hydrogen) atoms. The molecule has 1 atom stereocenters. The van der Waals surface area contributed by atoms with Gasteiger partial charge in [0.1, 0.15) is 0 Å². The molecule has 1 amide bonds. The van der Waals surface area contributed by atoms with Gasteiger partial charge in [-0.15, -0.1) is 0 Å². The Morgan fingerprint density at radius 3 is 2.67 bits per heavy atom. The number of fused-ring (bicyclic) bond motifs is 1. The quantitative estimate of drug-likeness (QED) is 0.909. The molecule has 5 nitrogen and oxygen atoms in total. The number of benzene rings is 1. The van der Waals surface area contributed by atoms with Crippen molar-refractivity contribution in [3.8, 4) is 0 Å². The summed E-state index contributed by atoms with van der Waals surface area (Å²) >= 11 is 0. The predicted molar refractivity (Wildman–Crippen MR) is 69.5 cm³/mol. The van der Waals surface area contributed by atoms with Crippen LogP contribution in [0.3, 0.4) is 0 Å². The average molecular weight is 268 g/mol. The van der Waals surface area contributed by atoms with E-state index in [0.29, 0.717) is 11.3 Å². The Kier molecular flexibility index (Phi) is 3.30. The van der Waals surface area contributed by atoms with Crippen molar-refractivity contribution in [3.05, 3.63) is 29.8 Å². The van der Waals surface area contributed by atoms with E-state index in [1.165, 1.54) is 0 Å². The van der Waals surface area contributed by atoms with Crippen molar-refractivity contribution in [2.45, 2.75) is 20.3 Å². The molecular weight excluding hydrogens is 252 g/mol. The van der Waals surface area contributed by atoms with E-state index in [0.717, 1.165) is 10.7 Å². The SMILES string of the molecule is CCC(C)CN1C(=O)c2ccccc2NS1(=O)=O. The van der Waals surface area contributed by atoms with E-state index in [1.54, 1.807) is 24.3 Å². The van der Waals surface area contributed by atoms with Crippen LogP contribution >= 0.6 is 0 Å².